The first kappa shape index (κ1) is 13.9. The van der Waals surface area contributed by atoms with Gasteiger partial charge < -0.3 is 10.1 Å². The minimum absolute atomic E-state index is 0.174. The van der Waals surface area contributed by atoms with Crippen molar-refractivity contribution in [3.8, 4) is 0 Å². The second-order valence-electron chi connectivity index (χ2n) is 3.80. The molecule has 0 aromatic heterocycles. The molecule has 1 fully saturated rings. The maximum Gasteiger partial charge on any atom is 0.325 e. The minimum Gasteiger partial charge on any atom is -0.465 e. The first-order chi connectivity index (χ1) is 7.84. The van der Waals surface area contributed by atoms with E-state index >= 15 is 0 Å². The Kier molecular flexibility index (Phi) is 4.47. The predicted octanol–water partition coefficient (Wildman–Crippen LogP) is -1.44. The fourth-order valence-electron chi connectivity index (χ4n) is 1.39. The molecule has 0 aliphatic carbocycles. The lowest BCUT2D eigenvalue weighted by Gasteiger charge is -2.35. The highest BCUT2D eigenvalue weighted by atomic mass is 32.2. The number of nitrogens with one attached hydrogen (secondary N) is 1. The average molecular weight is 264 g/mol. The Morgan fingerprint density at radius 3 is 2.47 bits per heavy atom. The van der Waals surface area contributed by atoms with Gasteiger partial charge in [-0.3, -0.25) is 9.59 Å². The van der Waals surface area contributed by atoms with Crippen molar-refractivity contribution in [3.05, 3.63) is 0 Å². The summed E-state index contributed by atoms with van der Waals surface area (Å²) in [5.41, 5.74) is 0. The van der Waals surface area contributed by atoms with Crippen LogP contribution in [-0.4, -0.2) is 57.1 Å². The SMILES string of the molecule is CCOC(=O)CNC(=O)C1CN(S(C)(=O)=O)C1. The lowest BCUT2D eigenvalue weighted by molar-refractivity contribution is -0.144. The summed E-state index contributed by atoms with van der Waals surface area (Å²) in [6.45, 7) is 2.11. The highest BCUT2D eigenvalue weighted by Crippen LogP contribution is 2.18. The molecule has 17 heavy (non-hydrogen) atoms. The number of sulfonamides is 1. The van der Waals surface area contributed by atoms with E-state index in [1.165, 1.54) is 4.31 Å². The van der Waals surface area contributed by atoms with Crippen LogP contribution in [0.3, 0.4) is 0 Å². The Bertz CT molecular complexity index is 400. The average Bonchev–Trinajstić information content (AvgIpc) is 2.10. The number of amides is 1. The van der Waals surface area contributed by atoms with Crippen molar-refractivity contribution in [1.82, 2.24) is 9.62 Å². The van der Waals surface area contributed by atoms with Gasteiger partial charge in [-0.05, 0) is 6.92 Å². The predicted molar refractivity (Wildman–Crippen MR) is 59.5 cm³/mol. The van der Waals surface area contributed by atoms with E-state index in [4.69, 9.17) is 0 Å². The van der Waals surface area contributed by atoms with Gasteiger partial charge in [0.15, 0.2) is 0 Å². The van der Waals surface area contributed by atoms with Gasteiger partial charge in [-0.2, -0.15) is 0 Å². The number of nitrogens with zero attached hydrogens (tertiary/aromatic N) is 1. The van der Waals surface area contributed by atoms with Crippen LogP contribution >= 0.6 is 0 Å². The zero-order chi connectivity index (χ0) is 13.1. The largest absolute Gasteiger partial charge is 0.465 e. The monoisotopic (exact) mass is 264 g/mol. The topological polar surface area (TPSA) is 92.8 Å². The molecule has 0 spiro atoms. The van der Waals surface area contributed by atoms with Gasteiger partial charge in [-0.1, -0.05) is 0 Å². The third-order valence-corrected chi connectivity index (χ3v) is 3.64. The smallest absolute Gasteiger partial charge is 0.325 e. The number of hydrogen-bond acceptors (Lipinski definition) is 5. The third kappa shape index (κ3) is 3.97. The molecule has 1 amide bonds. The summed E-state index contributed by atoms with van der Waals surface area (Å²) in [7, 11) is -3.21. The maximum atomic E-state index is 11.5. The summed E-state index contributed by atoms with van der Waals surface area (Å²) in [6.07, 6.45) is 1.10. The van der Waals surface area contributed by atoms with Gasteiger partial charge in [0.2, 0.25) is 15.9 Å². The summed E-state index contributed by atoms with van der Waals surface area (Å²) in [4.78, 5) is 22.4. The number of ether oxygens (including phenoxy) is 1. The summed E-state index contributed by atoms with van der Waals surface area (Å²) in [5.74, 6) is -1.20. The molecule has 1 heterocycles. The van der Waals surface area contributed by atoms with Crippen LogP contribution in [0.1, 0.15) is 6.92 Å². The van der Waals surface area contributed by atoms with Gasteiger partial charge >= 0.3 is 5.97 Å². The number of carbonyl (C=O) groups is 2. The molecular weight excluding hydrogens is 248 g/mol. The van der Waals surface area contributed by atoms with E-state index in [1.54, 1.807) is 6.92 Å². The number of esters is 1. The normalized spacial score (nSPS) is 17.3. The van der Waals surface area contributed by atoms with Crippen molar-refractivity contribution in [2.24, 2.45) is 5.92 Å². The van der Waals surface area contributed by atoms with E-state index in [9.17, 15) is 18.0 Å². The molecule has 98 valence electrons. The molecule has 8 heteroatoms. The Morgan fingerprint density at radius 1 is 1.41 bits per heavy atom. The zero-order valence-corrected chi connectivity index (χ0v) is 10.6. The highest BCUT2D eigenvalue weighted by molar-refractivity contribution is 7.88. The van der Waals surface area contributed by atoms with Crippen LogP contribution in [0.15, 0.2) is 0 Å². The highest BCUT2D eigenvalue weighted by Gasteiger charge is 2.37. The van der Waals surface area contributed by atoms with Gasteiger partial charge in [0.25, 0.3) is 0 Å². The molecule has 0 aromatic carbocycles. The van der Waals surface area contributed by atoms with Crippen LogP contribution in [0, 0.1) is 5.92 Å². The van der Waals surface area contributed by atoms with Gasteiger partial charge in [0.1, 0.15) is 6.54 Å². The molecule has 1 N–H and O–H groups in total. The van der Waals surface area contributed by atoms with Crippen LogP contribution in [0.25, 0.3) is 0 Å². The van der Waals surface area contributed by atoms with Crippen molar-refractivity contribution >= 4 is 21.9 Å². The lowest BCUT2D eigenvalue weighted by atomic mass is 10.0. The van der Waals surface area contributed by atoms with E-state index in [2.05, 4.69) is 10.1 Å². The second kappa shape index (κ2) is 5.46. The standard InChI is InChI=1S/C9H16N2O5S/c1-3-16-8(12)4-10-9(13)7-5-11(6-7)17(2,14)15/h7H,3-6H2,1-2H3,(H,10,13). The molecule has 0 bridgehead atoms. The fourth-order valence-corrected chi connectivity index (χ4v) is 2.29. The maximum absolute atomic E-state index is 11.5. The Morgan fingerprint density at radius 2 is 2.00 bits per heavy atom. The molecule has 0 aromatic rings. The van der Waals surface area contributed by atoms with Crippen molar-refractivity contribution in [2.75, 3.05) is 32.5 Å². The summed E-state index contributed by atoms with van der Waals surface area (Å²) in [5, 5.41) is 2.41. The van der Waals surface area contributed by atoms with Crippen LogP contribution in [0.4, 0.5) is 0 Å². The van der Waals surface area contributed by atoms with Crippen LogP contribution in [-0.2, 0) is 24.3 Å². The van der Waals surface area contributed by atoms with Crippen molar-refractivity contribution < 1.29 is 22.7 Å². The van der Waals surface area contributed by atoms with Gasteiger partial charge in [-0.25, -0.2) is 12.7 Å². The van der Waals surface area contributed by atoms with Gasteiger partial charge in [0.05, 0.1) is 18.8 Å². The van der Waals surface area contributed by atoms with Gasteiger partial charge in [0, 0.05) is 13.1 Å². The Hall–Kier alpha value is -1.15. The molecule has 0 atom stereocenters. The van der Waals surface area contributed by atoms with Crippen LogP contribution in [0.2, 0.25) is 0 Å². The summed E-state index contributed by atoms with van der Waals surface area (Å²) in [6, 6.07) is 0. The van der Waals surface area contributed by atoms with Crippen LogP contribution in [0.5, 0.6) is 0 Å². The Balaban J connectivity index is 2.26. The number of carbonyl (C=O) groups excluding carboxylic acids is 2. The molecule has 0 unspecified atom stereocenters. The first-order valence-electron chi connectivity index (χ1n) is 5.23. The first-order valence-corrected chi connectivity index (χ1v) is 7.08. The molecule has 1 saturated heterocycles. The third-order valence-electron chi connectivity index (χ3n) is 2.40. The van der Waals surface area contributed by atoms with E-state index in [0.717, 1.165) is 6.26 Å². The van der Waals surface area contributed by atoms with Crippen LogP contribution < -0.4 is 5.32 Å². The molecule has 1 aliphatic heterocycles. The molecule has 0 radical (unpaired) electrons. The van der Waals surface area contributed by atoms with E-state index in [0.29, 0.717) is 0 Å². The molecule has 0 saturated carbocycles. The number of hydrogen-bond donors (Lipinski definition) is 1. The minimum atomic E-state index is -3.21. The van der Waals surface area contributed by atoms with Crippen molar-refractivity contribution in [1.29, 1.82) is 0 Å². The second-order valence-corrected chi connectivity index (χ2v) is 5.78. The van der Waals surface area contributed by atoms with E-state index in [1.807, 2.05) is 0 Å². The molecule has 1 aliphatic rings. The lowest BCUT2D eigenvalue weighted by Crippen LogP contribution is -2.55. The molecule has 1 rings (SSSR count). The van der Waals surface area contributed by atoms with E-state index < -0.39 is 16.0 Å². The molecule has 7 nitrogen and oxygen atoms in total. The Labute approximate surface area is 100 Å². The quantitative estimate of drug-likeness (QED) is 0.614. The van der Waals surface area contributed by atoms with Crippen molar-refractivity contribution in [2.45, 2.75) is 6.92 Å². The zero-order valence-electron chi connectivity index (χ0n) is 9.80. The summed E-state index contributed by atoms with van der Waals surface area (Å²) < 4.78 is 28.0. The number of rotatable bonds is 5. The van der Waals surface area contributed by atoms with E-state index in [-0.39, 0.29) is 38.1 Å². The fraction of sp³-hybridized carbons (Fsp3) is 0.778. The van der Waals surface area contributed by atoms with Crippen molar-refractivity contribution in [3.63, 3.8) is 0 Å². The summed E-state index contributed by atoms with van der Waals surface area (Å²) >= 11 is 0. The molecular formula is C9H16N2O5S. The van der Waals surface area contributed by atoms with Gasteiger partial charge in [-0.15, -0.1) is 0 Å².